The molecule has 202 valence electrons. The Balaban J connectivity index is 2.13. The molecule has 0 atom stereocenters. The molecule has 4 N–H and O–H groups in total. The molecule has 2 aromatic rings. The van der Waals surface area contributed by atoms with E-state index in [4.69, 9.17) is 57.9 Å². The van der Waals surface area contributed by atoms with Crippen LogP contribution in [0.3, 0.4) is 0 Å². The first-order valence-corrected chi connectivity index (χ1v) is 13.5. The van der Waals surface area contributed by atoms with Gasteiger partial charge in [-0.3, -0.25) is 14.4 Å². The Morgan fingerprint density at radius 1 is 0.703 bits per heavy atom. The van der Waals surface area contributed by atoms with Crippen LogP contribution in [0.25, 0.3) is 0 Å². The number of nitrogens with zero attached hydrogens (tertiary/aromatic N) is 2. The van der Waals surface area contributed by atoms with E-state index < -0.39 is 5.91 Å². The summed E-state index contributed by atoms with van der Waals surface area (Å²) < 4.78 is 0. The molecule has 0 spiro atoms. The van der Waals surface area contributed by atoms with Gasteiger partial charge in [0.15, 0.2) is 0 Å². The van der Waals surface area contributed by atoms with Crippen LogP contribution in [-0.2, 0) is 27.2 Å². The van der Waals surface area contributed by atoms with Gasteiger partial charge in [0.25, 0.3) is 0 Å². The molecule has 11 heteroatoms. The fourth-order valence-electron chi connectivity index (χ4n) is 3.75. The average Bonchev–Trinajstić information content (AvgIpc) is 2.83. The Morgan fingerprint density at radius 3 is 1.68 bits per heavy atom. The van der Waals surface area contributed by atoms with E-state index >= 15 is 0 Å². The highest BCUT2D eigenvalue weighted by atomic mass is 35.5. The minimum atomic E-state index is -0.650. The second-order valence-electron chi connectivity index (χ2n) is 8.67. The first kappa shape index (κ1) is 31.2. The maximum atomic E-state index is 13.3. The van der Waals surface area contributed by atoms with Crippen molar-refractivity contribution in [3.8, 4) is 0 Å². The molecule has 0 aliphatic heterocycles. The quantitative estimate of drug-likeness (QED) is 0.292. The molecule has 37 heavy (non-hydrogen) atoms. The Kier molecular flexibility index (Phi) is 13.5. The Bertz CT molecular complexity index is 1080. The molecule has 0 aromatic heterocycles. The van der Waals surface area contributed by atoms with Gasteiger partial charge in [-0.1, -0.05) is 65.0 Å². The van der Waals surface area contributed by atoms with Gasteiger partial charge in [-0.2, -0.15) is 0 Å². The van der Waals surface area contributed by atoms with Crippen molar-refractivity contribution in [2.75, 3.05) is 32.7 Å². The number of halogens is 4. The number of carbonyl (C=O) groups excluding carboxylic acids is 3. The van der Waals surface area contributed by atoms with E-state index in [0.29, 0.717) is 45.9 Å². The van der Waals surface area contributed by atoms with Crippen molar-refractivity contribution in [3.63, 3.8) is 0 Å². The number of benzene rings is 2. The first-order valence-electron chi connectivity index (χ1n) is 12.0. The summed E-state index contributed by atoms with van der Waals surface area (Å²) in [5.74, 6) is -1.19. The van der Waals surface area contributed by atoms with Gasteiger partial charge in [-0.05, 0) is 67.6 Å². The fraction of sp³-hybridized carbons (Fsp3) is 0.423. The molecule has 2 aromatic carbocycles. The largest absolute Gasteiger partial charge is 0.368 e. The zero-order valence-electron chi connectivity index (χ0n) is 20.5. The number of primary amides is 1. The predicted molar refractivity (Wildman–Crippen MR) is 150 cm³/mol. The Hall–Kier alpha value is -2.03. The standard InChI is InChI=1S/C26H32Cl4N4O3/c27-20-7-5-18(22(29)14-20)9-12-33(16-24(32)35)26(37)17-34(25(36)4-2-1-3-11-31)13-10-19-6-8-21(28)15-23(19)30/h5-8,14-15H,1-4,9-13,16-17,31H2,(H2,32,35). The van der Waals surface area contributed by atoms with Crippen molar-refractivity contribution in [2.45, 2.75) is 38.5 Å². The maximum absolute atomic E-state index is 13.3. The Morgan fingerprint density at radius 2 is 1.22 bits per heavy atom. The van der Waals surface area contributed by atoms with Crippen LogP contribution in [0.2, 0.25) is 20.1 Å². The van der Waals surface area contributed by atoms with E-state index in [1.54, 1.807) is 36.4 Å². The summed E-state index contributed by atoms with van der Waals surface area (Å²) in [5, 5.41) is 1.97. The molecule has 0 saturated carbocycles. The number of carbonyl (C=O) groups is 3. The molecule has 0 radical (unpaired) electrons. The highest BCUT2D eigenvalue weighted by Crippen LogP contribution is 2.23. The van der Waals surface area contributed by atoms with Crippen LogP contribution in [0.5, 0.6) is 0 Å². The summed E-state index contributed by atoms with van der Waals surface area (Å²) in [6.07, 6.45) is 3.44. The normalized spacial score (nSPS) is 10.8. The highest BCUT2D eigenvalue weighted by Gasteiger charge is 2.23. The van der Waals surface area contributed by atoms with Crippen molar-refractivity contribution in [1.82, 2.24) is 9.80 Å². The van der Waals surface area contributed by atoms with E-state index in [1.807, 2.05) is 0 Å². The average molecular weight is 590 g/mol. The van der Waals surface area contributed by atoms with Crippen LogP contribution in [0, 0.1) is 0 Å². The monoisotopic (exact) mass is 588 g/mol. The van der Waals surface area contributed by atoms with E-state index in [0.717, 1.165) is 24.0 Å². The van der Waals surface area contributed by atoms with E-state index in [1.165, 1.54) is 9.80 Å². The molecule has 2 rings (SSSR count). The van der Waals surface area contributed by atoms with Gasteiger partial charge in [-0.25, -0.2) is 0 Å². The van der Waals surface area contributed by atoms with Crippen molar-refractivity contribution < 1.29 is 14.4 Å². The van der Waals surface area contributed by atoms with E-state index in [-0.39, 0.29) is 44.4 Å². The van der Waals surface area contributed by atoms with Crippen molar-refractivity contribution >= 4 is 64.1 Å². The molecule has 0 aliphatic carbocycles. The lowest BCUT2D eigenvalue weighted by molar-refractivity contribution is -0.141. The molecule has 0 fully saturated rings. The van der Waals surface area contributed by atoms with Crippen LogP contribution < -0.4 is 11.5 Å². The fourth-order valence-corrected chi connectivity index (χ4v) is 4.76. The molecule has 0 unspecified atom stereocenters. The SMILES string of the molecule is NCCCCCC(=O)N(CCc1ccc(Cl)cc1Cl)CC(=O)N(CCc1ccc(Cl)cc1Cl)CC(N)=O. The van der Waals surface area contributed by atoms with Crippen LogP contribution in [-0.4, -0.2) is 60.2 Å². The van der Waals surface area contributed by atoms with Gasteiger partial charge >= 0.3 is 0 Å². The van der Waals surface area contributed by atoms with Gasteiger partial charge < -0.3 is 21.3 Å². The van der Waals surface area contributed by atoms with E-state index in [2.05, 4.69) is 0 Å². The number of unbranched alkanes of at least 4 members (excludes halogenated alkanes) is 2. The molecule has 0 saturated heterocycles. The van der Waals surface area contributed by atoms with Gasteiger partial charge in [0.1, 0.15) is 0 Å². The molecule has 7 nitrogen and oxygen atoms in total. The summed E-state index contributed by atoms with van der Waals surface area (Å²) in [6, 6.07) is 10.3. The topological polar surface area (TPSA) is 110 Å². The van der Waals surface area contributed by atoms with Crippen LogP contribution >= 0.6 is 46.4 Å². The molecule has 0 aliphatic rings. The molecule has 3 amide bonds. The first-order chi connectivity index (χ1) is 17.6. The summed E-state index contributed by atoms with van der Waals surface area (Å²) in [4.78, 5) is 40.9. The lowest BCUT2D eigenvalue weighted by atomic mass is 10.1. The highest BCUT2D eigenvalue weighted by molar-refractivity contribution is 6.35. The molecule has 0 heterocycles. The van der Waals surface area contributed by atoms with Crippen molar-refractivity contribution in [2.24, 2.45) is 11.5 Å². The summed E-state index contributed by atoms with van der Waals surface area (Å²) >= 11 is 24.5. The van der Waals surface area contributed by atoms with E-state index in [9.17, 15) is 14.4 Å². The second-order valence-corrected chi connectivity index (χ2v) is 10.4. The number of amides is 3. The van der Waals surface area contributed by atoms with Crippen molar-refractivity contribution in [3.05, 3.63) is 67.6 Å². The molecular weight excluding hydrogens is 558 g/mol. The number of hydrogen-bond acceptors (Lipinski definition) is 4. The lowest BCUT2D eigenvalue weighted by Crippen LogP contribution is -2.47. The molecule has 0 bridgehead atoms. The summed E-state index contributed by atoms with van der Waals surface area (Å²) in [6.45, 7) is 0.570. The minimum Gasteiger partial charge on any atom is -0.368 e. The van der Waals surface area contributed by atoms with Crippen LogP contribution in [0.4, 0.5) is 0 Å². The van der Waals surface area contributed by atoms with Gasteiger partial charge in [0.2, 0.25) is 17.7 Å². The van der Waals surface area contributed by atoms with Gasteiger partial charge in [0, 0.05) is 39.6 Å². The number of rotatable bonds is 15. The zero-order valence-corrected chi connectivity index (χ0v) is 23.6. The Labute approximate surface area is 237 Å². The van der Waals surface area contributed by atoms with Crippen molar-refractivity contribution in [1.29, 1.82) is 0 Å². The number of hydrogen-bond donors (Lipinski definition) is 2. The minimum absolute atomic E-state index is 0.157. The van der Waals surface area contributed by atoms with Gasteiger partial charge in [-0.15, -0.1) is 0 Å². The third-order valence-electron chi connectivity index (χ3n) is 5.81. The van der Waals surface area contributed by atoms with Crippen LogP contribution in [0.15, 0.2) is 36.4 Å². The molecular formula is C26H32Cl4N4O3. The summed E-state index contributed by atoms with van der Waals surface area (Å²) in [5.41, 5.74) is 12.5. The lowest BCUT2D eigenvalue weighted by Gasteiger charge is -2.27. The number of nitrogens with two attached hydrogens (primary N) is 2. The maximum Gasteiger partial charge on any atom is 0.242 e. The zero-order chi connectivity index (χ0) is 27.4. The second kappa shape index (κ2) is 16.0. The predicted octanol–water partition coefficient (Wildman–Crippen LogP) is 4.75. The third-order valence-corrected chi connectivity index (χ3v) is 6.98. The smallest absolute Gasteiger partial charge is 0.242 e. The summed E-state index contributed by atoms with van der Waals surface area (Å²) in [7, 11) is 0. The van der Waals surface area contributed by atoms with Gasteiger partial charge in [0.05, 0.1) is 13.1 Å². The third kappa shape index (κ3) is 11.1. The van der Waals surface area contributed by atoms with Crippen LogP contribution in [0.1, 0.15) is 36.8 Å².